The molecular weight excluding hydrogens is 676 g/mol. The molecule has 2 bridgehead atoms. The van der Waals surface area contributed by atoms with Gasteiger partial charge in [-0.2, -0.15) is 5.10 Å². The third-order valence-electron chi connectivity index (χ3n) is 8.57. The fraction of sp³-hybridized carbons (Fsp3) is 0.571. The third kappa shape index (κ3) is 11.2. The minimum absolute atomic E-state index is 0.0153. The average molecular weight is 731 g/mol. The largest absolute Gasteiger partial charge is 0.478 e. The zero-order valence-corrected chi connectivity index (χ0v) is 29.6. The van der Waals surface area contributed by atoms with E-state index < -0.39 is 28.6 Å². The Morgan fingerprint density at radius 1 is 0.654 bits per heavy atom. The molecule has 0 fully saturated rings. The number of hydrazone groups is 1. The van der Waals surface area contributed by atoms with E-state index in [1.54, 1.807) is 0 Å². The smallest absolute Gasteiger partial charge is 0.338 e. The number of benzene rings is 2. The molecule has 1 amide bonds. The van der Waals surface area contributed by atoms with Gasteiger partial charge < -0.3 is 47.3 Å². The summed E-state index contributed by atoms with van der Waals surface area (Å²) in [5.74, 6) is -2.56. The van der Waals surface area contributed by atoms with Crippen molar-refractivity contribution in [3.05, 3.63) is 43.5 Å². The number of carboxylic acids is 1. The average Bonchev–Trinajstić information content (AvgIpc) is 3.30. The van der Waals surface area contributed by atoms with Gasteiger partial charge in [-0.1, -0.05) is 0 Å². The van der Waals surface area contributed by atoms with Crippen LogP contribution in [0.4, 0.5) is 11.4 Å². The van der Waals surface area contributed by atoms with Gasteiger partial charge in [-0.15, -0.1) is 0 Å². The second-order valence-corrected chi connectivity index (χ2v) is 12.5. The van der Waals surface area contributed by atoms with Crippen molar-refractivity contribution in [2.45, 2.75) is 77.0 Å². The lowest BCUT2D eigenvalue weighted by molar-refractivity contribution is 0.0692. The van der Waals surface area contributed by atoms with Gasteiger partial charge in [0.2, 0.25) is 0 Å². The highest BCUT2D eigenvalue weighted by atomic mass is 16.4. The van der Waals surface area contributed by atoms with Gasteiger partial charge in [0.05, 0.1) is 33.2 Å². The molecule has 0 radical (unpaired) electrons. The number of hydrogen-bond acceptors (Lipinski definition) is 13. The molecule has 0 atom stereocenters. The number of aromatic nitrogens is 1. The summed E-state index contributed by atoms with van der Waals surface area (Å²) in [6.45, 7) is 1.33. The van der Waals surface area contributed by atoms with Crippen molar-refractivity contribution in [2.75, 3.05) is 63.2 Å². The number of amidine groups is 1. The molecule has 13 N–H and O–H groups in total. The Labute approximate surface area is 301 Å². The first kappa shape index (κ1) is 41.9. The van der Waals surface area contributed by atoms with Crippen LogP contribution in [0.1, 0.15) is 103 Å². The highest BCUT2D eigenvalue weighted by Gasteiger charge is 2.33. The lowest BCUT2D eigenvalue weighted by Gasteiger charge is -2.23. The zero-order chi connectivity index (χ0) is 37.9. The lowest BCUT2D eigenvalue weighted by atomic mass is 9.87. The number of hydrogen-bond donors (Lipinski definition) is 12. The number of aliphatic hydroxyl groups is 4. The quantitative estimate of drug-likeness (QED) is 0.0227. The number of aromatic amines is 1. The van der Waals surface area contributed by atoms with E-state index in [2.05, 4.69) is 37.0 Å². The van der Waals surface area contributed by atoms with Crippen molar-refractivity contribution in [1.29, 1.82) is 0 Å². The monoisotopic (exact) mass is 730 g/mol. The maximum absolute atomic E-state index is 14.2. The molecule has 4 aromatic rings. The van der Waals surface area contributed by atoms with Crippen molar-refractivity contribution < 1.29 is 35.1 Å². The molecule has 2 heterocycles. The van der Waals surface area contributed by atoms with Crippen molar-refractivity contribution in [2.24, 2.45) is 10.8 Å². The van der Waals surface area contributed by atoms with Gasteiger partial charge in [-0.05, 0) is 83.1 Å². The topological polar surface area (TPSA) is 284 Å². The molecule has 0 aliphatic rings. The number of amides is 1. The number of rotatable bonds is 27. The van der Waals surface area contributed by atoms with E-state index in [1.807, 2.05) is 0 Å². The Balaban J connectivity index is 2.39. The van der Waals surface area contributed by atoms with Gasteiger partial charge in [0.15, 0.2) is 5.84 Å². The van der Waals surface area contributed by atoms with Crippen LogP contribution in [0.5, 0.6) is 0 Å². The summed E-state index contributed by atoms with van der Waals surface area (Å²) >= 11 is 0. The maximum Gasteiger partial charge on any atom is 0.338 e. The molecule has 4 rings (SSSR count). The molecular formula is C35H54N8O9. The number of fused-ring (bicyclic) bond motifs is 3. The van der Waals surface area contributed by atoms with Crippen molar-refractivity contribution in [3.8, 4) is 0 Å². The summed E-state index contributed by atoms with van der Waals surface area (Å²) in [5.41, 5.74) is 12.5. The molecule has 52 heavy (non-hydrogen) atoms. The molecule has 2 aromatic carbocycles. The second kappa shape index (κ2) is 22.4. The van der Waals surface area contributed by atoms with E-state index in [1.165, 1.54) is 6.07 Å². The predicted octanol–water partition coefficient (Wildman–Crippen LogP) is 1.10. The number of nitrogens with one attached hydrogen (secondary N) is 6. The van der Waals surface area contributed by atoms with Crippen LogP contribution < -0.4 is 43.8 Å². The molecule has 0 saturated carbocycles. The molecule has 17 heteroatoms. The number of carboxylic acid groups (broad SMARTS) is 1. The van der Waals surface area contributed by atoms with Crippen LogP contribution in [-0.2, 0) is 0 Å². The molecule has 0 saturated heterocycles. The summed E-state index contributed by atoms with van der Waals surface area (Å²) in [5, 5.41) is 57.9. The number of carbonyl (C=O) groups is 2. The van der Waals surface area contributed by atoms with Crippen molar-refractivity contribution in [3.63, 3.8) is 0 Å². The Bertz CT molecular complexity index is 1750. The second-order valence-electron chi connectivity index (χ2n) is 12.5. The van der Waals surface area contributed by atoms with E-state index in [4.69, 9.17) is 15.9 Å². The fourth-order valence-corrected chi connectivity index (χ4v) is 6.01. The molecule has 288 valence electrons. The van der Waals surface area contributed by atoms with Gasteiger partial charge in [0.1, 0.15) is 0 Å². The summed E-state index contributed by atoms with van der Waals surface area (Å²) in [4.78, 5) is 57.3. The number of anilines is 2. The van der Waals surface area contributed by atoms with Gasteiger partial charge >= 0.3 is 5.97 Å². The first-order valence-electron chi connectivity index (χ1n) is 18.0. The molecule has 0 aliphatic heterocycles. The molecule has 0 unspecified atom stereocenters. The predicted molar refractivity (Wildman–Crippen MR) is 201 cm³/mol. The van der Waals surface area contributed by atoms with Gasteiger partial charge in [-0.25, -0.2) is 10.2 Å². The van der Waals surface area contributed by atoms with Crippen LogP contribution in [-0.4, -0.2) is 101 Å². The van der Waals surface area contributed by atoms with E-state index >= 15 is 0 Å². The Kier molecular flexibility index (Phi) is 18.0. The number of carbonyl (C=O) groups excluding carboxylic acids is 1. The number of aromatic carboxylic acids is 1. The van der Waals surface area contributed by atoms with Crippen LogP contribution in [0.2, 0.25) is 0 Å². The minimum Gasteiger partial charge on any atom is -0.478 e. The normalized spacial score (nSPS) is 11.7. The third-order valence-corrected chi connectivity index (χ3v) is 8.57. The zero-order valence-electron chi connectivity index (χ0n) is 29.6. The summed E-state index contributed by atoms with van der Waals surface area (Å²) in [6, 6.07) is 1.48. The van der Waals surface area contributed by atoms with Gasteiger partial charge in [0.25, 0.3) is 17.0 Å². The van der Waals surface area contributed by atoms with Crippen LogP contribution in [0.3, 0.4) is 0 Å². The van der Waals surface area contributed by atoms with Crippen molar-refractivity contribution >= 4 is 50.6 Å². The summed E-state index contributed by atoms with van der Waals surface area (Å²) in [7, 11) is 0. The Morgan fingerprint density at radius 2 is 1.21 bits per heavy atom. The van der Waals surface area contributed by atoms with E-state index in [-0.39, 0.29) is 82.9 Å². The Hall–Kier alpha value is -4.55. The first-order valence-corrected chi connectivity index (χ1v) is 18.0. The highest BCUT2D eigenvalue weighted by molar-refractivity contribution is 6.32. The number of nitrogens with zero attached hydrogens (tertiary/aromatic N) is 1. The van der Waals surface area contributed by atoms with Gasteiger partial charge in [0, 0.05) is 69.1 Å². The van der Waals surface area contributed by atoms with Crippen LogP contribution in [0.15, 0.2) is 20.8 Å². The molecule has 2 aromatic heterocycles. The number of hydrazine groups is 1. The number of aliphatic hydroxyl groups excluding tert-OH is 4. The lowest BCUT2D eigenvalue weighted by Crippen LogP contribution is -2.39. The van der Waals surface area contributed by atoms with E-state index in [9.17, 15) is 34.5 Å². The first-order chi connectivity index (χ1) is 25.2. The molecule has 17 nitrogen and oxygen atoms in total. The van der Waals surface area contributed by atoms with Crippen LogP contribution in [0, 0.1) is 0 Å². The number of unbranched alkanes of at least 4 members (excludes halogenated alkanes) is 8. The number of H-pyrrole nitrogens is 1. The fourth-order valence-electron chi connectivity index (χ4n) is 6.01. The summed E-state index contributed by atoms with van der Waals surface area (Å²) in [6.07, 6.45) is 7.35. The van der Waals surface area contributed by atoms with E-state index in [0.717, 1.165) is 6.42 Å². The highest BCUT2D eigenvalue weighted by Crippen LogP contribution is 2.41. The van der Waals surface area contributed by atoms with Crippen LogP contribution in [0.25, 0.3) is 21.5 Å². The maximum atomic E-state index is 14.2. The van der Waals surface area contributed by atoms with Gasteiger partial charge in [-0.3, -0.25) is 24.8 Å². The SMILES string of the molecule is NC(=NNCCCCCO)c1c(NCCCCCO)c(C(=O)O)c(C(=O)NNCCCCCO)c2c3c(NCCCCCO)cc(c(=O)[nH]c3=O)c12. The minimum atomic E-state index is -1.50. The number of nitrogens with two attached hydrogens (primary N) is 1. The van der Waals surface area contributed by atoms with E-state index in [0.29, 0.717) is 90.3 Å². The standard InChI is InChI=1S/C35H54N8O9/c36-31(42-39-15-7-3-11-19-46)28-24-22-21-23(37-13-5-1-9-17-44)25(33(49)41-32(22)48)26(24)27(34(50)43-40-16-8-4-12-20-47)29(35(51)52)30(28)38-14-6-2-10-18-45/h21,37-40,44-47H,1-20H2,(H2,36,42)(H,43,50)(H,51,52)(H,41,48,49). The Morgan fingerprint density at radius 3 is 1.79 bits per heavy atom. The van der Waals surface area contributed by atoms with Crippen LogP contribution >= 0.6 is 0 Å². The van der Waals surface area contributed by atoms with Crippen molar-refractivity contribution in [1.82, 2.24) is 21.3 Å². The summed E-state index contributed by atoms with van der Waals surface area (Å²) < 4.78 is 0. The molecule has 0 spiro atoms. The molecule has 0 aliphatic carbocycles.